The molecule has 2 heterocycles. The number of rotatable bonds is 6. The molecule has 0 spiro atoms. The van der Waals surface area contributed by atoms with Crippen molar-refractivity contribution < 1.29 is 30.9 Å². The predicted octanol–water partition coefficient (Wildman–Crippen LogP) is -1.61. The molecule has 0 fully saturated rings. The molecule has 0 aliphatic rings. The van der Waals surface area contributed by atoms with Gasteiger partial charge in [0.15, 0.2) is 6.54 Å². The Balaban J connectivity index is 0.00000176. The summed E-state index contributed by atoms with van der Waals surface area (Å²) in [6.07, 6.45) is 4.97. The molecule has 0 radical (unpaired) electrons. The third-order valence-corrected chi connectivity index (χ3v) is 3.00. The van der Waals surface area contributed by atoms with Crippen LogP contribution in [0, 0.1) is 0 Å². The van der Waals surface area contributed by atoms with Gasteiger partial charge in [-0.2, -0.15) is 0 Å². The van der Waals surface area contributed by atoms with E-state index in [1.807, 2.05) is 30.3 Å². The average molecular weight is 363 g/mol. The number of hydrogen-bond acceptors (Lipinski definition) is 4. The fraction of sp³-hybridized carbons (Fsp3) is 0.133. The van der Waals surface area contributed by atoms with Gasteiger partial charge in [-0.3, -0.25) is 4.79 Å². The van der Waals surface area contributed by atoms with Gasteiger partial charge in [-0.05, 0) is 17.2 Å². The van der Waals surface area contributed by atoms with E-state index in [0.717, 1.165) is 5.76 Å². The third-order valence-electron chi connectivity index (χ3n) is 3.00. The average Bonchev–Trinajstić information content (AvgIpc) is 3.17. The topological polar surface area (TPSA) is 63.9 Å². The summed E-state index contributed by atoms with van der Waals surface area (Å²) in [5.74, 6) is 0.854. The maximum absolute atomic E-state index is 12.1. The molecule has 3 aromatic rings. The number of aromatic nitrogens is 3. The summed E-state index contributed by atoms with van der Waals surface area (Å²) >= 11 is 0. The lowest BCUT2D eigenvalue weighted by Gasteiger charge is -1.97. The lowest BCUT2D eigenvalue weighted by molar-refractivity contribution is -0.739. The van der Waals surface area contributed by atoms with Gasteiger partial charge in [0.1, 0.15) is 12.3 Å². The van der Waals surface area contributed by atoms with Crippen LogP contribution in [-0.2, 0) is 13.1 Å². The summed E-state index contributed by atoms with van der Waals surface area (Å²) in [5.41, 5.74) is 3.79. The number of carbonyl (C=O) groups is 1. The Bertz CT molecular complexity index is 710. The van der Waals surface area contributed by atoms with E-state index < -0.39 is 0 Å². The van der Waals surface area contributed by atoms with E-state index in [1.165, 1.54) is 0 Å². The van der Waals surface area contributed by atoms with Crippen LogP contribution in [0.25, 0.3) is 0 Å². The highest BCUT2D eigenvalue weighted by atomic mass is 79.9. The highest BCUT2D eigenvalue weighted by Gasteiger charge is 2.12. The molecule has 0 bridgehead atoms. The van der Waals surface area contributed by atoms with E-state index >= 15 is 0 Å². The number of benzene rings is 1. The van der Waals surface area contributed by atoms with Crippen molar-refractivity contribution in [3.63, 3.8) is 0 Å². The van der Waals surface area contributed by atoms with Crippen molar-refractivity contribution in [2.75, 3.05) is 5.43 Å². The largest absolute Gasteiger partial charge is 1.00 e. The maximum atomic E-state index is 12.1. The van der Waals surface area contributed by atoms with Gasteiger partial charge in [0.2, 0.25) is 12.1 Å². The summed E-state index contributed by atoms with van der Waals surface area (Å²) in [6, 6.07) is 12.9. The first-order valence-corrected chi connectivity index (χ1v) is 6.59. The molecule has 22 heavy (non-hydrogen) atoms. The summed E-state index contributed by atoms with van der Waals surface area (Å²) in [7, 11) is 0. The molecule has 0 aliphatic carbocycles. The molecule has 2 aromatic heterocycles. The van der Waals surface area contributed by atoms with Crippen LogP contribution in [-0.4, -0.2) is 15.6 Å². The molecule has 1 aromatic carbocycles. The first kappa shape index (κ1) is 16.0. The van der Waals surface area contributed by atoms with Crippen LogP contribution in [0.5, 0.6) is 0 Å². The Morgan fingerprint density at radius 3 is 2.77 bits per heavy atom. The summed E-state index contributed by atoms with van der Waals surface area (Å²) in [6.45, 7) is 0.759. The lowest BCUT2D eigenvalue weighted by Crippen LogP contribution is -3.00. The third kappa shape index (κ3) is 4.05. The molecule has 0 amide bonds. The fourth-order valence-corrected chi connectivity index (χ4v) is 1.93. The SMILES string of the molecule is O=C(C[n+]1cn(NCc2ccco2)cn1)c1ccccc1.[Br-]. The molecule has 0 saturated carbocycles. The second-order valence-corrected chi connectivity index (χ2v) is 4.55. The number of nitrogens with one attached hydrogen (secondary N) is 1. The number of furan rings is 1. The Kier molecular flexibility index (Phi) is 5.48. The van der Waals surface area contributed by atoms with Gasteiger partial charge in [-0.15, -0.1) is 9.36 Å². The molecule has 0 saturated heterocycles. The van der Waals surface area contributed by atoms with Gasteiger partial charge in [-0.25, -0.2) is 5.43 Å². The zero-order valence-electron chi connectivity index (χ0n) is 11.7. The maximum Gasteiger partial charge on any atom is 0.289 e. The van der Waals surface area contributed by atoms with E-state index in [9.17, 15) is 4.79 Å². The Morgan fingerprint density at radius 1 is 1.23 bits per heavy atom. The van der Waals surface area contributed by atoms with Crippen molar-refractivity contribution in [2.45, 2.75) is 13.1 Å². The second-order valence-electron chi connectivity index (χ2n) is 4.55. The van der Waals surface area contributed by atoms with Crippen molar-refractivity contribution in [3.05, 3.63) is 72.7 Å². The van der Waals surface area contributed by atoms with Crippen LogP contribution in [0.3, 0.4) is 0 Å². The zero-order chi connectivity index (χ0) is 14.5. The molecule has 114 valence electrons. The minimum Gasteiger partial charge on any atom is -1.00 e. The Hall–Kier alpha value is -2.41. The highest BCUT2D eigenvalue weighted by molar-refractivity contribution is 5.94. The number of nitrogens with zero attached hydrogens (tertiary/aromatic N) is 3. The zero-order valence-corrected chi connectivity index (χ0v) is 13.3. The minimum atomic E-state index is 0. The van der Waals surface area contributed by atoms with E-state index in [1.54, 1.807) is 40.4 Å². The van der Waals surface area contributed by atoms with Crippen LogP contribution in [0.15, 0.2) is 65.8 Å². The van der Waals surface area contributed by atoms with Gasteiger partial charge in [0, 0.05) is 5.56 Å². The van der Waals surface area contributed by atoms with Crippen molar-refractivity contribution in [2.24, 2.45) is 0 Å². The van der Waals surface area contributed by atoms with Crippen molar-refractivity contribution >= 4 is 5.78 Å². The molecule has 1 N–H and O–H groups in total. The van der Waals surface area contributed by atoms with E-state index in [0.29, 0.717) is 12.1 Å². The van der Waals surface area contributed by atoms with Gasteiger partial charge >= 0.3 is 0 Å². The molecule has 0 atom stereocenters. The quantitative estimate of drug-likeness (QED) is 0.423. The van der Waals surface area contributed by atoms with E-state index in [2.05, 4.69) is 10.5 Å². The first-order valence-electron chi connectivity index (χ1n) is 6.59. The molecule has 7 heteroatoms. The summed E-state index contributed by atoms with van der Waals surface area (Å²) in [4.78, 5) is 12.1. The van der Waals surface area contributed by atoms with Gasteiger partial charge in [-0.1, -0.05) is 30.3 Å². The molecular weight excluding hydrogens is 348 g/mol. The molecule has 0 aliphatic heterocycles. The predicted molar refractivity (Wildman–Crippen MR) is 75.0 cm³/mol. The normalized spacial score (nSPS) is 10.0. The lowest BCUT2D eigenvalue weighted by atomic mass is 10.1. The van der Waals surface area contributed by atoms with E-state index in [-0.39, 0.29) is 29.3 Å². The fourth-order valence-electron chi connectivity index (χ4n) is 1.93. The monoisotopic (exact) mass is 362 g/mol. The first-order chi connectivity index (χ1) is 10.3. The van der Waals surface area contributed by atoms with Crippen LogP contribution >= 0.6 is 0 Å². The number of halogens is 1. The van der Waals surface area contributed by atoms with Crippen LogP contribution in [0.2, 0.25) is 0 Å². The highest BCUT2D eigenvalue weighted by Crippen LogP contribution is 2.00. The second kappa shape index (κ2) is 7.56. The summed E-state index contributed by atoms with van der Waals surface area (Å²) < 4.78 is 8.51. The molecule has 6 nitrogen and oxygen atoms in total. The number of ketones is 1. The molecular formula is C15H15BrN4O2. The standard InChI is InChI=1S/C15H15N4O2.BrH/c20-15(13-5-2-1-3-6-13)10-18-12-19(11-17-18)16-9-14-7-4-8-21-14;/h1-8,11-12,16H,9-10H2;1H/q+1;/p-1. The van der Waals surface area contributed by atoms with Crippen molar-refractivity contribution in [3.8, 4) is 0 Å². The van der Waals surface area contributed by atoms with Crippen LogP contribution in [0.4, 0.5) is 0 Å². The Morgan fingerprint density at radius 2 is 2.05 bits per heavy atom. The molecule has 3 rings (SSSR count). The smallest absolute Gasteiger partial charge is 0.289 e. The number of carbonyl (C=O) groups excluding carboxylic acids is 1. The van der Waals surface area contributed by atoms with Gasteiger partial charge in [0.05, 0.1) is 6.26 Å². The van der Waals surface area contributed by atoms with Crippen LogP contribution < -0.4 is 27.1 Å². The van der Waals surface area contributed by atoms with Crippen molar-refractivity contribution in [1.82, 2.24) is 9.77 Å². The van der Waals surface area contributed by atoms with Gasteiger partial charge < -0.3 is 21.4 Å². The van der Waals surface area contributed by atoms with Crippen molar-refractivity contribution in [1.29, 1.82) is 0 Å². The molecule has 0 unspecified atom stereocenters. The number of Topliss-reactive ketones (excluding diaryl/α,β-unsaturated/α-hetero) is 1. The number of hydrogen-bond donors (Lipinski definition) is 1. The van der Waals surface area contributed by atoms with E-state index in [4.69, 9.17) is 4.42 Å². The minimum absolute atomic E-state index is 0. The van der Waals surface area contributed by atoms with Gasteiger partial charge in [0.25, 0.3) is 6.33 Å². The summed E-state index contributed by atoms with van der Waals surface area (Å²) in [5, 5.41) is 4.15. The van der Waals surface area contributed by atoms with Crippen LogP contribution in [0.1, 0.15) is 16.1 Å². The Labute approximate surface area is 138 Å².